The predicted molar refractivity (Wildman–Crippen MR) is 75.4 cm³/mol. The lowest BCUT2D eigenvalue weighted by atomic mass is 10.1. The van der Waals surface area contributed by atoms with Crippen molar-refractivity contribution in [2.45, 2.75) is 20.4 Å². The zero-order valence-corrected chi connectivity index (χ0v) is 11.1. The molecule has 0 saturated carbocycles. The maximum absolute atomic E-state index is 11.7. The summed E-state index contributed by atoms with van der Waals surface area (Å²) in [7, 11) is 0. The van der Waals surface area contributed by atoms with Crippen LogP contribution >= 0.6 is 0 Å². The molecule has 0 fully saturated rings. The summed E-state index contributed by atoms with van der Waals surface area (Å²) < 4.78 is 0. The normalized spacial score (nSPS) is 10.8. The van der Waals surface area contributed by atoms with Crippen LogP contribution < -0.4 is 5.32 Å². The molecule has 0 unspecified atom stereocenters. The summed E-state index contributed by atoms with van der Waals surface area (Å²) in [6.45, 7) is 4.54. The molecule has 4 nitrogen and oxygen atoms in total. The SMILES string of the molecule is Cc1ccc(C=CC(=O)NCc2cnc[nH]2)c(C)c1. The van der Waals surface area contributed by atoms with Crippen molar-refractivity contribution >= 4 is 12.0 Å². The van der Waals surface area contributed by atoms with E-state index in [1.54, 1.807) is 18.6 Å². The lowest BCUT2D eigenvalue weighted by Gasteiger charge is -2.02. The number of nitrogens with zero attached hydrogens (tertiary/aromatic N) is 1. The molecule has 2 N–H and O–H groups in total. The van der Waals surface area contributed by atoms with Crippen molar-refractivity contribution < 1.29 is 4.79 Å². The third-order valence-electron chi connectivity index (χ3n) is 2.85. The largest absolute Gasteiger partial charge is 0.347 e. The molecule has 0 aliphatic heterocycles. The second kappa shape index (κ2) is 6.00. The van der Waals surface area contributed by atoms with Gasteiger partial charge >= 0.3 is 0 Å². The number of nitrogens with one attached hydrogen (secondary N) is 2. The Kier molecular flexibility index (Phi) is 4.13. The number of carbonyl (C=O) groups excluding carboxylic acids is 1. The standard InChI is InChI=1S/C15H17N3O/c1-11-3-4-13(12(2)7-11)5-6-15(19)17-9-14-8-16-10-18-14/h3-8,10H,9H2,1-2H3,(H,16,18)(H,17,19). The molecule has 1 aromatic heterocycles. The number of hydrogen-bond donors (Lipinski definition) is 2. The van der Waals surface area contributed by atoms with E-state index in [0.29, 0.717) is 6.54 Å². The Morgan fingerprint density at radius 1 is 1.42 bits per heavy atom. The molecule has 0 spiro atoms. The Balaban J connectivity index is 1.92. The number of aromatic nitrogens is 2. The highest BCUT2D eigenvalue weighted by atomic mass is 16.1. The minimum atomic E-state index is -0.116. The minimum Gasteiger partial charge on any atom is -0.347 e. The Labute approximate surface area is 112 Å². The van der Waals surface area contributed by atoms with Crippen LogP contribution in [0, 0.1) is 13.8 Å². The van der Waals surface area contributed by atoms with Crippen molar-refractivity contribution in [3.8, 4) is 0 Å². The fraction of sp³-hybridized carbons (Fsp3) is 0.200. The summed E-state index contributed by atoms with van der Waals surface area (Å²) >= 11 is 0. The van der Waals surface area contributed by atoms with Gasteiger partial charge in [-0.05, 0) is 31.1 Å². The maximum Gasteiger partial charge on any atom is 0.244 e. The van der Waals surface area contributed by atoms with Crippen LogP contribution in [0.3, 0.4) is 0 Å². The molecule has 0 radical (unpaired) electrons. The first-order chi connectivity index (χ1) is 9.15. The highest BCUT2D eigenvalue weighted by Gasteiger charge is 1.99. The molecule has 0 atom stereocenters. The lowest BCUT2D eigenvalue weighted by molar-refractivity contribution is -0.116. The molecule has 1 aromatic carbocycles. The molecule has 19 heavy (non-hydrogen) atoms. The van der Waals surface area contributed by atoms with Gasteiger partial charge in [0.15, 0.2) is 0 Å². The number of benzene rings is 1. The number of hydrogen-bond acceptors (Lipinski definition) is 2. The van der Waals surface area contributed by atoms with Crippen LogP contribution in [0.5, 0.6) is 0 Å². The number of aryl methyl sites for hydroxylation is 2. The molecule has 98 valence electrons. The summed E-state index contributed by atoms with van der Waals surface area (Å²) in [6, 6.07) is 6.15. The van der Waals surface area contributed by atoms with E-state index in [-0.39, 0.29) is 5.91 Å². The number of carbonyl (C=O) groups is 1. The maximum atomic E-state index is 11.7. The van der Waals surface area contributed by atoms with Crippen molar-refractivity contribution in [3.63, 3.8) is 0 Å². The van der Waals surface area contributed by atoms with E-state index in [4.69, 9.17) is 0 Å². The molecule has 2 rings (SSSR count). The molecule has 0 saturated heterocycles. The average molecular weight is 255 g/mol. The molecule has 1 heterocycles. The van der Waals surface area contributed by atoms with E-state index >= 15 is 0 Å². The van der Waals surface area contributed by atoms with Crippen LogP contribution in [0.15, 0.2) is 36.8 Å². The molecule has 0 aliphatic carbocycles. The van der Waals surface area contributed by atoms with Gasteiger partial charge in [-0.2, -0.15) is 0 Å². The van der Waals surface area contributed by atoms with Gasteiger partial charge in [0.05, 0.1) is 18.6 Å². The van der Waals surface area contributed by atoms with Gasteiger partial charge in [0.1, 0.15) is 0 Å². The summed E-state index contributed by atoms with van der Waals surface area (Å²) in [5.41, 5.74) is 4.33. The first-order valence-corrected chi connectivity index (χ1v) is 6.15. The van der Waals surface area contributed by atoms with Gasteiger partial charge < -0.3 is 10.3 Å². The van der Waals surface area contributed by atoms with E-state index in [1.807, 2.05) is 25.1 Å². The summed E-state index contributed by atoms with van der Waals surface area (Å²) in [5.74, 6) is -0.116. The van der Waals surface area contributed by atoms with Crippen molar-refractivity contribution in [3.05, 3.63) is 59.2 Å². The predicted octanol–water partition coefficient (Wildman–Crippen LogP) is 2.36. The van der Waals surface area contributed by atoms with Gasteiger partial charge in [0.25, 0.3) is 0 Å². The Morgan fingerprint density at radius 3 is 2.95 bits per heavy atom. The summed E-state index contributed by atoms with van der Waals surface area (Å²) in [6.07, 6.45) is 6.66. The van der Waals surface area contributed by atoms with Crippen LogP contribution in [0.1, 0.15) is 22.4 Å². The summed E-state index contributed by atoms with van der Waals surface area (Å²) in [4.78, 5) is 18.5. The van der Waals surface area contributed by atoms with E-state index in [9.17, 15) is 4.79 Å². The van der Waals surface area contributed by atoms with Gasteiger partial charge in [-0.1, -0.05) is 23.8 Å². The third kappa shape index (κ3) is 3.81. The fourth-order valence-corrected chi connectivity index (χ4v) is 1.80. The molecule has 1 amide bonds. The van der Waals surface area contributed by atoms with Gasteiger partial charge in [-0.15, -0.1) is 0 Å². The Bertz CT molecular complexity index is 585. The molecular weight excluding hydrogens is 238 g/mol. The van der Waals surface area contributed by atoms with Crippen LogP contribution in [0.4, 0.5) is 0 Å². The first-order valence-electron chi connectivity index (χ1n) is 6.15. The van der Waals surface area contributed by atoms with Crippen molar-refractivity contribution in [2.24, 2.45) is 0 Å². The van der Waals surface area contributed by atoms with Gasteiger partial charge in [0, 0.05) is 12.3 Å². The smallest absolute Gasteiger partial charge is 0.244 e. The topological polar surface area (TPSA) is 57.8 Å². The first kappa shape index (κ1) is 13.1. The highest BCUT2D eigenvalue weighted by molar-refractivity contribution is 5.91. The number of H-pyrrole nitrogens is 1. The molecule has 2 aromatic rings. The molecular formula is C15H17N3O. The van der Waals surface area contributed by atoms with Crippen molar-refractivity contribution in [1.82, 2.24) is 15.3 Å². The van der Waals surface area contributed by atoms with E-state index in [1.165, 1.54) is 5.56 Å². The molecule has 0 aliphatic rings. The number of amides is 1. The van der Waals surface area contributed by atoms with E-state index in [0.717, 1.165) is 16.8 Å². The van der Waals surface area contributed by atoms with Gasteiger partial charge in [0.2, 0.25) is 5.91 Å². The second-order valence-corrected chi connectivity index (χ2v) is 4.49. The van der Waals surface area contributed by atoms with Crippen LogP contribution in [0.25, 0.3) is 6.08 Å². The third-order valence-corrected chi connectivity index (χ3v) is 2.85. The minimum absolute atomic E-state index is 0.116. The lowest BCUT2D eigenvalue weighted by Crippen LogP contribution is -2.20. The van der Waals surface area contributed by atoms with Crippen LogP contribution in [-0.4, -0.2) is 15.9 Å². The van der Waals surface area contributed by atoms with Gasteiger partial charge in [-0.3, -0.25) is 4.79 Å². The molecule has 0 bridgehead atoms. The fourth-order valence-electron chi connectivity index (χ4n) is 1.80. The highest BCUT2D eigenvalue weighted by Crippen LogP contribution is 2.11. The number of imidazole rings is 1. The number of rotatable bonds is 4. The molecule has 4 heteroatoms. The quantitative estimate of drug-likeness (QED) is 0.824. The van der Waals surface area contributed by atoms with Gasteiger partial charge in [-0.25, -0.2) is 4.98 Å². The van der Waals surface area contributed by atoms with E-state index < -0.39 is 0 Å². The summed E-state index contributed by atoms with van der Waals surface area (Å²) in [5, 5.41) is 2.79. The van der Waals surface area contributed by atoms with Crippen molar-refractivity contribution in [2.75, 3.05) is 0 Å². The van der Waals surface area contributed by atoms with E-state index in [2.05, 4.69) is 28.3 Å². The second-order valence-electron chi connectivity index (χ2n) is 4.49. The average Bonchev–Trinajstić information content (AvgIpc) is 2.88. The zero-order valence-electron chi connectivity index (χ0n) is 11.1. The van der Waals surface area contributed by atoms with Crippen molar-refractivity contribution in [1.29, 1.82) is 0 Å². The zero-order chi connectivity index (χ0) is 13.7. The Morgan fingerprint density at radius 2 is 2.26 bits per heavy atom. The number of aromatic amines is 1. The Hall–Kier alpha value is -2.36. The monoisotopic (exact) mass is 255 g/mol. The van der Waals surface area contributed by atoms with Crippen LogP contribution in [-0.2, 0) is 11.3 Å². The van der Waals surface area contributed by atoms with Crippen LogP contribution in [0.2, 0.25) is 0 Å².